The van der Waals surface area contributed by atoms with Crippen LogP contribution in [0.4, 0.5) is 10.1 Å². The lowest BCUT2D eigenvalue weighted by atomic mass is 10.1. The minimum atomic E-state index is -0.249. The van der Waals surface area contributed by atoms with E-state index in [1.165, 1.54) is 6.07 Å². The highest BCUT2D eigenvalue weighted by atomic mass is 79.9. The summed E-state index contributed by atoms with van der Waals surface area (Å²) >= 11 is 3.22. The van der Waals surface area contributed by atoms with Crippen LogP contribution in [0.2, 0.25) is 0 Å². The molecule has 2 aromatic carbocycles. The second-order valence-corrected chi connectivity index (χ2v) is 5.77. The first kappa shape index (κ1) is 15.8. The van der Waals surface area contributed by atoms with Gasteiger partial charge >= 0.3 is 0 Å². The van der Waals surface area contributed by atoms with Gasteiger partial charge in [0.15, 0.2) is 0 Å². The van der Waals surface area contributed by atoms with Crippen LogP contribution >= 0.6 is 15.9 Å². The molecule has 0 fully saturated rings. The molecule has 2 nitrogen and oxygen atoms in total. The molecule has 112 valence electrons. The molecule has 1 unspecified atom stereocenters. The van der Waals surface area contributed by atoms with Gasteiger partial charge in [-0.05, 0) is 59.1 Å². The molecule has 0 radical (unpaired) electrons. The van der Waals surface area contributed by atoms with Gasteiger partial charge in [0.1, 0.15) is 11.6 Å². The maximum atomic E-state index is 13.3. The van der Waals surface area contributed by atoms with Crippen molar-refractivity contribution >= 4 is 21.6 Å². The summed E-state index contributed by atoms with van der Waals surface area (Å²) in [5.41, 5.74) is 2.00. The molecule has 1 atom stereocenters. The molecule has 0 saturated carbocycles. The van der Waals surface area contributed by atoms with Crippen molar-refractivity contribution in [3.05, 3.63) is 58.3 Å². The predicted octanol–water partition coefficient (Wildman–Crippen LogP) is 5.55. The fourth-order valence-corrected chi connectivity index (χ4v) is 2.41. The van der Waals surface area contributed by atoms with E-state index in [1.807, 2.05) is 31.2 Å². The zero-order valence-electron chi connectivity index (χ0n) is 12.2. The molecule has 2 rings (SSSR count). The van der Waals surface area contributed by atoms with Gasteiger partial charge in [-0.1, -0.05) is 19.1 Å². The normalized spacial score (nSPS) is 12.0. The molecular formula is C17H19BrFNO. The SMILES string of the molecule is CCCOc1cccc(NC(C)c2ccc(F)c(Br)c2)c1. The van der Waals surface area contributed by atoms with Gasteiger partial charge in [0.2, 0.25) is 0 Å². The molecule has 0 aliphatic carbocycles. The number of ether oxygens (including phenoxy) is 1. The lowest BCUT2D eigenvalue weighted by Gasteiger charge is -2.17. The van der Waals surface area contributed by atoms with Crippen molar-refractivity contribution in [3.63, 3.8) is 0 Å². The first-order valence-corrected chi connectivity index (χ1v) is 7.83. The van der Waals surface area contributed by atoms with Crippen molar-refractivity contribution in [2.75, 3.05) is 11.9 Å². The highest BCUT2D eigenvalue weighted by molar-refractivity contribution is 9.10. The smallest absolute Gasteiger partial charge is 0.137 e. The number of anilines is 1. The van der Waals surface area contributed by atoms with Gasteiger partial charge in [0.05, 0.1) is 11.1 Å². The van der Waals surface area contributed by atoms with Crippen LogP contribution in [0.5, 0.6) is 5.75 Å². The van der Waals surface area contributed by atoms with Gasteiger partial charge in [0.25, 0.3) is 0 Å². The number of hydrogen-bond acceptors (Lipinski definition) is 2. The Balaban J connectivity index is 2.07. The van der Waals surface area contributed by atoms with Gasteiger partial charge in [-0.3, -0.25) is 0 Å². The first-order chi connectivity index (χ1) is 10.1. The number of halogens is 2. The standard InChI is InChI=1S/C17H19BrFNO/c1-3-9-21-15-6-4-5-14(11-15)20-12(2)13-7-8-17(19)16(18)10-13/h4-8,10-12,20H,3,9H2,1-2H3. The highest BCUT2D eigenvalue weighted by Crippen LogP contribution is 2.25. The third-order valence-electron chi connectivity index (χ3n) is 3.13. The summed E-state index contributed by atoms with van der Waals surface area (Å²) in [7, 11) is 0. The molecule has 0 aliphatic heterocycles. The Morgan fingerprint density at radius 3 is 2.76 bits per heavy atom. The number of hydrogen-bond donors (Lipinski definition) is 1. The fraction of sp³-hybridized carbons (Fsp3) is 0.294. The Morgan fingerprint density at radius 1 is 1.24 bits per heavy atom. The maximum absolute atomic E-state index is 13.3. The van der Waals surface area contributed by atoms with Crippen LogP contribution in [-0.2, 0) is 0 Å². The van der Waals surface area contributed by atoms with Crippen LogP contribution in [0.3, 0.4) is 0 Å². The Labute approximate surface area is 133 Å². The zero-order chi connectivity index (χ0) is 15.2. The van der Waals surface area contributed by atoms with Crippen molar-refractivity contribution in [1.82, 2.24) is 0 Å². The molecule has 0 aliphatic rings. The Morgan fingerprint density at radius 2 is 2.05 bits per heavy atom. The van der Waals surface area contributed by atoms with Gasteiger partial charge in [0, 0.05) is 17.8 Å². The highest BCUT2D eigenvalue weighted by Gasteiger charge is 2.08. The molecule has 1 N–H and O–H groups in total. The van der Waals surface area contributed by atoms with Crippen LogP contribution in [-0.4, -0.2) is 6.61 Å². The van der Waals surface area contributed by atoms with E-state index in [1.54, 1.807) is 12.1 Å². The Kier molecular flexibility index (Phi) is 5.62. The van der Waals surface area contributed by atoms with Crippen LogP contribution in [0, 0.1) is 5.82 Å². The van der Waals surface area contributed by atoms with Crippen molar-refractivity contribution < 1.29 is 9.13 Å². The van der Waals surface area contributed by atoms with Crippen LogP contribution in [0.25, 0.3) is 0 Å². The van der Waals surface area contributed by atoms with Crippen molar-refractivity contribution in [2.24, 2.45) is 0 Å². The minimum Gasteiger partial charge on any atom is -0.494 e. The van der Waals surface area contributed by atoms with Crippen LogP contribution in [0.1, 0.15) is 31.9 Å². The third kappa shape index (κ3) is 4.46. The monoisotopic (exact) mass is 351 g/mol. The Hall–Kier alpha value is -1.55. The van der Waals surface area contributed by atoms with E-state index >= 15 is 0 Å². The molecule has 21 heavy (non-hydrogen) atoms. The van der Waals surface area contributed by atoms with Crippen molar-refractivity contribution in [1.29, 1.82) is 0 Å². The third-order valence-corrected chi connectivity index (χ3v) is 3.74. The molecule has 0 spiro atoms. The van der Waals surface area contributed by atoms with Gasteiger partial charge in [-0.2, -0.15) is 0 Å². The summed E-state index contributed by atoms with van der Waals surface area (Å²) in [5.74, 6) is 0.607. The topological polar surface area (TPSA) is 21.3 Å². The van der Waals surface area contributed by atoms with E-state index in [2.05, 4.69) is 28.2 Å². The van der Waals surface area contributed by atoms with Crippen LogP contribution in [0.15, 0.2) is 46.9 Å². The Bertz CT molecular complexity index is 603. The van der Waals surface area contributed by atoms with E-state index in [9.17, 15) is 4.39 Å². The first-order valence-electron chi connectivity index (χ1n) is 7.04. The zero-order valence-corrected chi connectivity index (χ0v) is 13.8. The molecule has 0 aromatic heterocycles. The number of benzene rings is 2. The van der Waals surface area contributed by atoms with Crippen molar-refractivity contribution in [3.8, 4) is 5.75 Å². The summed E-state index contributed by atoms with van der Waals surface area (Å²) in [5, 5.41) is 3.40. The molecule has 0 heterocycles. The van der Waals surface area contributed by atoms with Crippen molar-refractivity contribution in [2.45, 2.75) is 26.3 Å². The second-order valence-electron chi connectivity index (χ2n) is 4.92. The van der Waals surface area contributed by atoms with Gasteiger partial charge in [-0.25, -0.2) is 4.39 Å². The number of rotatable bonds is 6. The molecular weight excluding hydrogens is 333 g/mol. The minimum absolute atomic E-state index is 0.0725. The summed E-state index contributed by atoms with van der Waals surface area (Å²) < 4.78 is 19.4. The van der Waals surface area contributed by atoms with Crippen LogP contribution < -0.4 is 10.1 Å². The summed E-state index contributed by atoms with van der Waals surface area (Å²) in [4.78, 5) is 0. The van der Waals surface area contributed by atoms with E-state index in [-0.39, 0.29) is 11.9 Å². The predicted molar refractivity (Wildman–Crippen MR) is 88.4 cm³/mol. The summed E-state index contributed by atoms with van der Waals surface area (Å²) in [6.45, 7) is 4.83. The van der Waals surface area contributed by atoms with E-state index < -0.39 is 0 Å². The molecule has 4 heteroatoms. The summed E-state index contributed by atoms with van der Waals surface area (Å²) in [6, 6.07) is 13.0. The molecule has 2 aromatic rings. The largest absolute Gasteiger partial charge is 0.494 e. The molecule has 0 saturated heterocycles. The van der Waals surface area contributed by atoms with E-state index in [4.69, 9.17) is 4.74 Å². The number of nitrogens with one attached hydrogen (secondary N) is 1. The lowest BCUT2D eigenvalue weighted by Crippen LogP contribution is -2.07. The summed E-state index contributed by atoms with van der Waals surface area (Å²) in [6.07, 6.45) is 0.984. The maximum Gasteiger partial charge on any atom is 0.137 e. The second kappa shape index (κ2) is 7.46. The molecule has 0 amide bonds. The van der Waals surface area contributed by atoms with E-state index in [0.717, 1.165) is 23.4 Å². The average molecular weight is 352 g/mol. The molecule has 0 bridgehead atoms. The fourth-order valence-electron chi connectivity index (χ4n) is 2.01. The van der Waals surface area contributed by atoms with E-state index in [0.29, 0.717) is 11.1 Å². The average Bonchev–Trinajstić information content (AvgIpc) is 2.48. The van der Waals surface area contributed by atoms with Gasteiger partial charge < -0.3 is 10.1 Å². The lowest BCUT2D eigenvalue weighted by molar-refractivity contribution is 0.317. The quantitative estimate of drug-likeness (QED) is 0.736. The van der Waals surface area contributed by atoms with Gasteiger partial charge in [-0.15, -0.1) is 0 Å².